The molecule has 5 nitrogen and oxygen atoms in total. The molecule has 5 atom stereocenters. The second kappa shape index (κ2) is 6.14. The van der Waals surface area contributed by atoms with Crippen molar-refractivity contribution in [2.75, 3.05) is 26.4 Å². The van der Waals surface area contributed by atoms with Crippen molar-refractivity contribution in [3.05, 3.63) is 0 Å². The van der Waals surface area contributed by atoms with Gasteiger partial charge in [-0.25, -0.2) is 12.7 Å². The lowest BCUT2D eigenvalue weighted by Crippen LogP contribution is -2.44. The van der Waals surface area contributed by atoms with E-state index in [1.54, 1.807) is 4.31 Å². The molecule has 1 N–H and O–H groups in total. The summed E-state index contributed by atoms with van der Waals surface area (Å²) in [7, 11) is -1.00. The third-order valence-corrected chi connectivity index (χ3v) is 6.85. The fraction of sp³-hybridized carbons (Fsp3) is 1.00. The molecule has 21 heavy (non-hydrogen) atoms. The van der Waals surface area contributed by atoms with Gasteiger partial charge in [0.2, 0.25) is 10.0 Å². The van der Waals surface area contributed by atoms with Crippen molar-refractivity contribution in [1.82, 2.24) is 9.62 Å². The molecular formula is C15H28N2O3S. The van der Waals surface area contributed by atoms with E-state index in [0.29, 0.717) is 43.2 Å². The van der Waals surface area contributed by atoms with Crippen LogP contribution in [-0.4, -0.2) is 57.4 Å². The van der Waals surface area contributed by atoms with Gasteiger partial charge in [0.15, 0.2) is 0 Å². The van der Waals surface area contributed by atoms with E-state index in [-0.39, 0.29) is 0 Å². The molecule has 6 heteroatoms. The minimum Gasteiger partial charge on any atom is -0.375 e. The Morgan fingerprint density at radius 2 is 2.14 bits per heavy atom. The first-order valence-corrected chi connectivity index (χ1v) is 10.1. The summed E-state index contributed by atoms with van der Waals surface area (Å²) < 4.78 is 31.1. The van der Waals surface area contributed by atoms with Crippen LogP contribution in [0.15, 0.2) is 0 Å². The molecule has 0 radical (unpaired) electrons. The Kier molecular flexibility index (Phi) is 4.60. The standard InChI is InChI=1S/C15H28N2O3S/c1-16-14(13-9-12-5-6-15(13)20-12)8-11-4-3-7-17(10-11)21(2,18)19/h11-16H,3-10H2,1-2H3. The molecule has 0 aromatic rings. The molecule has 3 saturated heterocycles. The summed E-state index contributed by atoms with van der Waals surface area (Å²) in [5, 5.41) is 3.48. The Morgan fingerprint density at radius 1 is 1.33 bits per heavy atom. The predicted molar refractivity (Wildman–Crippen MR) is 82.6 cm³/mol. The lowest BCUT2D eigenvalue weighted by Gasteiger charge is -2.35. The summed E-state index contributed by atoms with van der Waals surface area (Å²) >= 11 is 0. The summed E-state index contributed by atoms with van der Waals surface area (Å²) in [6, 6.07) is 0.463. The minimum atomic E-state index is -3.04. The highest BCUT2D eigenvalue weighted by atomic mass is 32.2. The monoisotopic (exact) mass is 316 g/mol. The number of piperidine rings is 1. The highest BCUT2D eigenvalue weighted by Crippen LogP contribution is 2.42. The second-order valence-electron chi connectivity index (χ2n) is 7.03. The van der Waals surface area contributed by atoms with Crippen LogP contribution in [0, 0.1) is 11.8 Å². The van der Waals surface area contributed by atoms with Crippen LogP contribution >= 0.6 is 0 Å². The smallest absolute Gasteiger partial charge is 0.211 e. The SMILES string of the molecule is CNC(CC1CCCN(S(C)(=O)=O)C1)C1CC2CCC1O2. The van der Waals surface area contributed by atoms with Crippen molar-refractivity contribution in [1.29, 1.82) is 0 Å². The summed E-state index contributed by atoms with van der Waals surface area (Å²) in [5.74, 6) is 1.09. The molecular weight excluding hydrogens is 288 g/mol. The number of hydrogen-bond acceptors (Lipinski definition) is 4. The maximum Gasteiger partial charge on any atom is 0.211 e. The normalized spacial score (nSPS) is 38.8. The molecule has 0 aromatic heterocycles. The van der Waals surface area contributed by atoms with E-state index >= 15 is 0 Å². The zero-order valence-electron chi connectivity index (χ0n) is 13.1. The van der Waals surface area contributed by atoms with Crippen LogP contribution in [0.2, 0.25) is 0 Å². The van der Waals surface area contributed by atoms with Crippen molar-refractivity contribution < 1.29 is 13.2 Å². The Labute approximate surface area is 128 Å². The molecule has 122 valence electrons. The minimum absolute atomic E-state index is 0.432. The number of sulfonamides is 1. The third kappa shape index (κ3) is 3.44. The van der Waals surface area contributed by atoms with E-state index in [4.69, 9.17) is 4.74 Å². The van der Waals surface area contributed by atoms with Gasteiger partial charge in [0.05, 0.1) is 18.5 Å². The largest absolute Gasteiger partial charge is 0.375 e. The van der Waals surface area contributed by atoms with Crippen LogP contribution in [0.5, 0.6) is 0 Å². The topological polar surface area (TPSA) is 58.6 Å². The lowest BCUT2D eigenvalue weighted by atomic mass is 9.79. The third-order valence-electron chi connectivity index (χ3n) is 5.58. The molecule has 5 unspecified atom stereocenters. The number of rotatable bonds is 5. The van der Waals surface area contributed by atoms with Crippen LogP contribution in [0.1, 0.15) is 38.5 Å². The quantitative estimate of drug-likeness (QED) is 0.828. The number of ether oxygens (including phenoxy) is 1. The van der Waals surface area contributed by atoms with Gasteiger partial charge < -0.3 is 10.1 Å². The van der Waals surface area contributed by atoms with Crippen LogP contribution in [0.25, 0.3) is 0 Å². The molecule has 0 aromatic carbocycles. The maximum absolute atomic E-state index is 11.7. The first-order valence-electron chi connectivity index (χ1n) is 8.25. The van der Waals surface area contributed by atoms with E-state index in [1.165, 1.54) is 25.5 Å². The van der Waals surface area contributed by atoms with Gasteiger partial charge in [0.1, 0.15) is 0 Å². The van der Waals surface area contributed by atoms with Crippen LogP contribution in [0.3, 0.4) is 0 Å². The van der Waals surface area contributed by atoms with Crippen molar-refractivity contribution in [3.63, 3.8) is 0 Å². The van der Waals surface area contributed by atoms with Gasteiger partial charge in [-0.3, -0.25) is 0 Å². The van der Waals surface area contributed by atoms with Gasteiger partial charge in [0, 0.05) is 25.0 Å². The summed E-state index contributed by atoms with van der Waals surface area (Å²) in [6.07, 6.45) is 9.05. The van der Waals surface area contributed by atoms with E-state index in [2.05, 4.69) is 5.32 Å². The lowest BCUT2D eigenvalue weighted by molar-refractivity contribution is 0.0826. The van der Waals surface area contributed by atoms with Gasteiger partial charge in [-0.2, -0.15) is 0 Å². The van der Waals surface area contributed by atoms with Gasteiger partial charge >= 0.3 is 0 Å². The van der Waals surface area contributed by atoms with Gasteiger partial charge in [-0.05, 0) is 51.5 Å². The Bertz CT molecular complexity index is 468. The molecule has 3 aliphatic heterocycles. The van der Waals surface area contributed by atoms with E-state index in [0.717, 1.165) is 19.3 Å². The van der Waals surface area contributed by atoms with E-state index < -0.39 is 10.0 Å². The molecule has 3 rings (SSSR count). The molecule has 3 heterocycles. The molecule has 0 amide bonds. The molecule has 3 aliphatic rings. The number of hydrogen-bond donors (Lipinski definition) is 1. The molecule has 2 bridgehead atoms. The highest BCUT2D eigenvalue weighted by molar-refractivity contribution is 7.88. The fourth-order valence-corrected chi connectivity index (χ4v) is 5.43. The fourth-order valence-electron chi connectivity index (χ4n) is 4.49. The van der Waals surface area contributed by atoms with Gasteiger partial charge in [0.25, 0.3) is 0 Å². The van der Waals surface area contributed by atoms with Gasteiger partial charge in [-0.1, -0.05) is 0 Å². The number of nitrogens with one attached hydrogen (secondary N) is 1. The zero-order valence-corrected chi connectivity index (χ0v) is 13.9. The van der Waals surface area contributed by atoms with Crippen molar-refractivity contribution in [2.45, 2.75) is 56.8 Å². The van der Waals surface area contributed by atoms with Crippen LogP contribution in [0.4, 0.5) is 0 Å². The zero-order chi connectivity index (χ0) is 15.0. The first kappa shape index (κ1) is 15.7. The summed E-state index contributed by atoms with van der Waals surface area (Å²) in [5.41, 5.74) is 0. The highest BCUT2D eigenvalue weighted by Gasteiger charge is 2.44. The first-order chi connectivity index (χ1) is 9.97. The predicted octanol–water partition coefficient (Wildman–Crippen LogP) is 1.20. The molecule has 0 aliphatic carbocycles. The van der Waals surface area contributed by atoms with Crippen LogP contribution < -0.4 is 5.32 Å². The number of nitrogens with zero attached hydrogens (tertiary/aromatic N) is 1. The summed E-state index contributed by atoms with van der Waals surface area (Å²) in [6.45, 7) is 1.38. The maximum atomic E-state index is 11.7. The van der Waals surface area contributed by atoms with Crippen molar-refractivity contribution >= 4 is 10.0 Å². The molecule has 0 spiro atoms. The average molecular weight is 316 g/mol. The van der Waals surface area contributed by atoms with Crippen molar-refractivity contribution in [3.8, 4) is 0 Å². The van der Waals surface area contributed by atoms with Crippen molar-refractivity contribution in [2.24, 2.45) is 11.8 Å². The second-order valence-corrected chi connectivity index (χ2v) is 9.02. The molecule has 0 saturated carbocycles. The summed E-state index contributed by atoms with van der Waals surface area (Å²) in [4.78, 5) is 0. The van der Waals surface area contributed by atoms with Gasteiger partial charge in [-0.15, -0.1) is 0 Å². The van der Waals surface area contributed by atoms with E-state index in [9.17, 15) is 8.42 Å². The number of fused-ring (bicyclic) bond motifs is 2. The average Bonchev–Trinajstić information content (AvgIpc) is 3.07. The Morgan fingerprint density at radius 3 is 2.71 bits per heavy atom. The van der Waals surface area contributed by atoms with E-state index in [1.807, 2.05) is 7.05 Å². The van der Waals surface area contributed by atoms with Crippen LogP contribution in [-0.2, 0) is 14.8 Å². The molecule has 3 fully saturated rings. The Hall–Kier alpha value is -0.170. The Balaban J connectivity index is 1.59.